The van der Waals surface area contributed by atoms with Gasteiger partial charge in [-0.25, -0.2) is 16.8 Å². The minimum absolute atomic E-state index is 0.0261. The lowest BCUT2D eigenvalue weighted by molar-refractivity contribution is 0.0992. The van der Waals surface area contributed by atoms with Crippen LogP contribution in [0.15, 0.2) is 11.4 Å². The first-order chi connectivity index (χ1) is 8.07. The molecule has 1 heterocycles. The zero-order chi connectivity index (χ0) is 14.1. The summed E-state index contributed by atoms with van der Waals surface area (Å²) in [7, 11) is -7.91. The number of carbonyl (C=O) groups is 1. The van der Waals surface area contributed by atoms with Crippen LogP contribution in [0.4, 0.5) is 5.69 Å². The van der Waals surface area contributed by atoms with E-state index < -0.39 is 20.0 Å². The second-order valence-electron chi connectivity index (χ2n) is 3.67. The van der Waals surface area contributed by atoms with Gasteiger partial charge in [-0.2, -0.15) is 3.71 Å². The van der Waals surface area contributed by atoms with Crippen LogP contribution in [0.25, 0.3) is 0 Å². The summed E-state index contributed by atoms with van der Waals surface area (Å²) in [5, 5.41) is 1.34. The lowest BCUT2D eigenvalue weighted by atomic mass is 10.2. The van der Waals surface area contributed by atoms with Crippen molar-refractivity contribution >= 4 is 42.9 Å². The maximum atomic E-state index is 11.5. The molecule has 0 aliphatic rings. The molecule has 0 saturated carbocycles. The molecule has 1 aromatic heterocycles. The standard InChI is InChI=1S/C9H13NO5S3/c1-4-8(11)9-5-7(6-16-9)10(17(2,12)13)18(3,14)15/h5-6H,4H2,1-3H3. The van der Waals surface area contributed by atoms with Gasteiger partial charge in [0.15, 0.2) is 5.78 Å². The number of anilines is 1. The summed E-state index contributed by atoms with van der Waals surface area (Å²) in [5.41, 5.74) is -0.0261. The van der Waals surface area contributed by atoms with Gasteiger partial charge < -0.3 is 0 Å². The largest absolute Gasteiger partial charge is 0.293 e. The number of ketones is 1. The minimum Gasteiger partial charge on any atom is -0.293 e. The molecule has 6 nitrogen and oxygen atoms in total. The Morgan fingerprint density at radius 1 is 1.22 bits per heavy atom. The van der Waals surface area contributed by atoms with Gasteiger partial charge in [0.25, 0.3) is 0 Å². The van der Waals surface area contributed by atoms with Gasteiger partial charge in [0, 0.05) is 11.8 Å². The van der Waals surface area contributed by atoms with Crippen molar-refractivity contribution in [2.45, 2.75) is 13.3 Å². The summed E-state index contributed by atoms with van der Waals surface area (Å²) in [4.78, 5) is 11.8. The lowest BCUT2D eigenvalue weighted by Crippen LogP contribution is -2.34. The Labute approximate surface area is 110 Å². The van der Waals surface area contributed by atoms with E-state index in [9.17, 15) is 21.6 Å². The van der Waals surface area contributed by atoms with Crippen LogP contribution in [0, 0.1) is 0 Å². The summed E-state index contributed by atoms with van der Waals surface area (Å²) < 4.78 is 46.3. The highest BCUT2D eigenvalue weighted by Crippen LogP contribution is 2.28. The molecular weight excluding hydrogens is 298 g/mol. The van der Waals surface area contributed by atoms with E-state index >= 15 is 0 Å². The van der Waals surface area contributed by atoms with E-state index in [-0.39, 0.29) is 17.9 Å². The summed E-state index contributed by atoms with van der Waals surface area (Å²) in [6.45, 7) is 1.67. The maximum absolute atomic E-state index is 11.5. The van der Waals surface area contributed by atoms with Gasteiger partial charge in [0.05, 0.1) is 23.1 Å². The molecule has 0 amide bonds. The number of thiophene rings is 1. The predicted octanol–water partition coefficient (Wildman–Crippen LogP) is 1.07. The third-order valence-electron chi connectivity index (χ3n) is 1.99. The van der Waals surface area contributed by atoms with Crippen LogP contribution < -0.4 is 3.71 Å². The number of nitrogens with zero attached hydrogens (tertiary/aromatic N) is 1. The van der Waals surface area contributed by atoms with Crippen LogP contribution in [0.1, 0.15) is 23.0 Å². The fourth-order valence-electron chi connectivity index (χ4n) is 1.37. The predicted molar refractivity (Wildman–Crippen MR) is 71.1 cm³/mol. The SMILES string of the molecule is CCC(=O)c1cc(N(S(C)(=O)=O)S(C)(=O)=O)cs1. The van der Waals surface area contributed by atoms with Crippen molar-refractivity contribution in [1.82, 2.24) is 0 Å². The molecule has 0 atom stereocenters. The van der Waals surface area contributed by atoms with Crippen molar-refractivity contribution in [3.8, 4) is 0 Å². The van der Waals surface area contributed by atoms with Gasteiger partial charge in [-0.05, 0) is 6.07 Å². The number of hydrogen-bond donors (Lipinski definition) is 0. The highest BCUT2D eigenvalue weighted by Gasteiger charge is 2.28. The summed E-state index contributed by atoms with van der Waals surface area (Å²) in [6.07, 6.45) is 1.87. The average Bonchev–Trinajstić information content (AvgIpc) is 2.60. The van der Waals surface area contributed by atoms with Crippen LogP contribution in [-0.2, 0) is 20.0 Å². The zero-order valence-electron chi connectivity index (χ0n) is 10.1. The Kier molecular flexibility index (Phi) is 4.19. The highest BCUT2D eigenvalue weighted by atomic mass is 32.3. The highest BCUT2D eigenvalue weighted by molar-refractivity contribution is 8.09. The number of sulfonamides is 2. The van der Waals surface area contributed by atoms with E-state index in [2.05, 4.69) is 0 Å². The van der Waals surface area contributed by atoms with Crippen molar-refractivity contribution in [1.29, 1.82) is 0 Å². The second-order valence-corrected chi connectivity index (χ2v) is 8.47. The van der Waals surface area contributed by atoms with Gasteiger partial charge in [0.2, 0.25) is 20.0 Å². The van der Waals surface area contributed by atoms with Crippen LogP contribution in [-0.4, -0.2) is 35.1 Å². The first-order valence-corrected chi connectivity index (χ1v) is 9.47. The molecule has 0 aliphatic carbocycles. The molecule has 0 radical (unpaired) electrons. The van der Waals surface area contributed by atoms with Gasteiger partial charge in [-0.3, -0.25) is 4.79 Å². The molecule has 0 N–H and O–H groups in total. The first kappa shape index (κ1) is 15.1. The lowest BCUT2D eigenvalue weighted by Gasteiger charge is -2.17. The first-order valence-electron chi connectivity index (χ1n) is 4.89. The van der Waals surface area contributed by atoms with Crippen molar-refractivity contribution in [3.63, 3.8) is 0 Å². The van der Waals surface area contributed by atoms with E-state index in [0.717, 1.165) is 23.8 Å². The second kappa shape index (κ2) is 4.98. The van der Waals surface area contributed by atoms with Crippen LogP contribution >= 0.6 is 11.3 Å². The van der Waals surface area contributed by atoms with Crippen molar-refractivity contribution in [3.05, 3.63) is 16.3 Å². The van der Waals surface area contributed by atoms with Gasteiger partial charge >= 0.3 is 0 Å². The van der Waals surface area contributed by atoms with Crippen molar-refractivity contribution in [2.75, 3.05) is 16.2 Å². The van der Waals surface area contributed by atoms with Gasteiger partial charge in [-0.15, -0.1) is 11.3 Å². The number of Topliss-reactive ketones (excluding diaryl/α,β-unsaturated/α-hetero) is 1. The fraction of sp³-hybridized carbons (Fsp3) is 0.444. The number of hydrogen-bond acceptors (Lipinski definition) is 6. The van der Waals surface area contributed by atoms with Crippen molar-refractivity contribution in [2.24, 2.45) is 0 Å². The average molecular weight is 311 g/mol. The molecule has 0 aromatic carbocycles. The van der Waals surface area contributed by atoms with E-state index in [4.69, 9.17) is 0 Å². The normalized spacial score (nSPS) is 12.4. The minimum atomic E-state index is -3.95. The zero-order valence-corrected chi connectivity index (χ0v) is 12.5. The molecule has 0 unspecified atom stereocenters. The molecule has 1 aromatic rings. The van der Waals surface area contributed by atoms with E-state index in [1.165, 1.54) is 11.4 Å². The Morgan fingerprint density at radius 3 is 2.11 bits per heavy atom. The molecule has 0 spiro atoms. The third kappa shape index (κ3) is 3.30. The molecule has 1 rings (SSSR count). The number of carbonyl (C=O) groups excluding carboxylic acids is 1. The maximum Gasteiger partial charge on any atom is 0.245 e. The topological polar surface area (TPSA) is 88.6 Å². The molecule has 0 bridgehead atoms. The van der Waals surface area contributed by atoms with Gasteiger partial charge in [-0.1, -0.05) is 6.92 Å². The number of rotatable bonds is 5. The fourth-order valence-corrected chi connectivity index (χ4v) is 5.33. The Hall–Kier alpha value is -0.930. The smallest absolute Gasteiger partial charge is 0.245 e. The molecule has 102 valence electrons. The molecule has 18 heavy (non-hydrogen) atoms. The molecule has 0 aliphatic heterocycles. The van der Waals surface area contributed by atoms with Crippen LogP contribution in [0.3, 0.4) is 0 Å². The quantitative estimate of drug-likeness (QED) is 0.759. The molecular formula is C9H13NO5S3. The molecule has 0 fully saturated rings. The van der Waals surface area contributed by atoms with E-state index in [0.29, 0.717) is 8.59 Å². The summed E-state index contributed by atoms with van der Waals surface area (Å²) in [6, 6.07) is 1.28. The van der Waals surface area contributed by atoms with E-state index in [1.807, 2.05) is 0 Å². The monoisotopic (exact) mass is 311 g/mol. The van der Waals surface area contributed by atoms with Crippen molar-refractivity contribution < 1.29 is 21.6 Å². The summed E-state index contributed by atoms with van der Waals surface area (Å²) >= 11 is 1.02. The van der Waals surface area contributed by atoms with Crippen LogP contribution in [0.2, 0.25) is 0 Å². The Morgan fingerprint density at radius 2 is 1.72 bits per heavy atom. The third-order valence-corrected chi connectivity index (χ3v) is 6.20. The van der Waals surface area contributed by atoms with E-state index in [1.54, 1.807) is 6.92 Å². The molecule has 9 heteroatoms. The van der Waals surface area contributed by atoms with Crippen LogP contribution in [0.5, 0.6) is 0 Å². The Balaban J connectivity index is 3.34. The Bertz CT molecular complexity index is 624. The van der Waals surface area contributed by atoms with Gasteiger partial charge in [0.1, 0.15) is 0 Å². The molecule has 0 saturated heterocycles. The summed E-state index contributed by atoms with van der Waals surface area (Å²) in [5.74, 6) is -0.159.